The minimum Gasteiger partial charge on any atom is -0.431 e. The average Bonchev–Trinajstić information content (AvgIpc) is 2.99. The highest BCUT2D eigenvalue weighted by Gasteiger charge is 2.60. The number of hydrogen-bond acceptors (Lipinski definition) is 3. The molecule has 4 fully saturated rings. The lowest BCUT2D eigenvalue weighted by atomic mass is 9.44. The number of aliphatic hydroxyl groups excluding tert-OH is 1. The van der Waals surface area contributed by atoms with E-state index in [4.69, 9.17) is 4.42 Å². The van der Waals surface area contributed by atoms with Crippen LogP contribution in [-0.4, -0.2) is 11.2 Å². The van der Waals surface area contributed by atoms with E-state index in [1.54, 1.807) is 12.3 Å². The fraction of sp³-hybridized carbons (Fsp3) is 0.792. The largest absolute Gasteiger partial charge is 0.431 e. The van der Waals surface area contributed by atoms with Gasteiger partial charge in [0.25, 0.3) is 0 Å². The zero-order valence-electron chi connectivity index (χ0n) is 16.8. The first-order valence-electron chi connectivity index (χ1n) is 11.2. The van der Waals surface area contributed by atoms with Gasteiger partial charge >= 0.3 is 5.63 Å². The molecule has 4 aliphatic carbocycles. The highest BCUT2D eigenvalue weighted by molar-refractivity contribution is 5.23. The van der Waals surface area contributed by atoms with Crippen molar-refractivity contribution >= 4 is 0 Å². The van der Waals surface area contributed by atoms with Crippen LogP contribution in [0.5, 0.6) is 0 Å². The maximum Gasteiger partial charge on any atom is 0.335 e. The third-order valence-corrected chi connectivity index (χ3v) is 9.77. The monoisotopic (exact) mass is 372 g/mol. The van der Waals surface area contributed by atoms with Gasteiger partial charge in [-0.25, -0.2) is 4.79 Å². The average molecular weight is 373 g/mol. The summed E-state index contributed by atoms with van der Waals surface area (Å²) in [6.45, 7) is 5.07. The molecule has 0 amide bonds. The van der Waals surface area contributed by atoms with Gasteiger partial charge in [-0.3, -0.25) is 0 Å². The molecule has 0 aromatic carbocycles. The molecule has 5 rings (SSSR count). The van der Waals surface area contributed by atoms with Crippen molar-refractivity contribution in [1.29, 1.82) is 0 Å². The smallest absolute Gasteiger partial charge is 0.335 e. The maximum absolute atomic E-state index is 11.8. The first-order chi connectivity index (χ1) is 12.9. The molecular formula is C24H36O3. The number of hydrogen-bond donors (Lipinski definition) is 1. The van der Waals surface area contributed by atoms with Gasteiger partial charge in [-0.1, -0.05) is 13.8 Å². The third kappa shape index (κ3) is 2.60. The molecule has 150 valence electrons. The van der Waals surface area contributed by atoms with Crippen LogP contribution >= 0.6 is 0 Å². The van der Waals surface area contributed by atoms with Gasteiger partial charge in [0.2, 0.25) is 0 Å². The first kappa shape index (κ1) is 18.0. The molecule has 4 aliphatic rings. The zero-order chi connectivity index (χ0) is 18.8. The second-order valence-corrected chi connectivity index (χ2v) is 10.6. The molecule has 1 aromatic rings. The van der Waals surface area contributed by atoms with Crippen molar-refractivity contribution in [2.75, 3.05) is 0 Å². The number of aliphatic hydroxyl groups is 1. The molecule has 0 aliphatic heterocycles. The van der Waals surface area contributed by atoms with Crippen LogP contribution in [0.25, 0.3) is 0 Å². The van der Waals surface area contributed by atoms with E-state index < -0.39 is 0 Å². The van der Waals surface area contributed by atoms with Crippen LogP contribution in [-0.2, 0) is 0 Å². The lowest BCUT2D eigenvalue weighted by molar-refractivity contribution is -0.122. The molecule has 0 bridgehead atoms. The molecule has 3 nitrogen and oxygen atoms in total. The molecule has 1 aromatic heterocycles. The summed E-state index contributed by atoms with van der Waals surface area (Å²) in [5.41, 5.74) is 1.76. The van der Waals surface area contributed by atoms with Crippen molar-refractivity contribution in [2.45, 2.75) is 83.7 Å². The Kier molecular flexibility index (Phi) is 4.13. The van der Waals surface area contributed by atoms with Crippen LogP contribution in [0.2, 0.25) is 0 Å². The van der Waals surface area contributed by atoms with Gasteiger partial charge in [0, 0.05) is 7.49 Å². The quantitative estimate of drug-likeness (QED) is 0.721. The Bertz CT molecular complexity index is 775. The minimum atomic E-state index is -0.206. The van der Waals surface area contributed by atoms with Crippen molar-refractivity contribution in [3.05, 3.63) is 34.4 Å². The van der Waals surface area contributed by atoms with E-state index in [1.165, 1.54) is 50.5 Å². The predicted molar refractivity (Wildman–Crippen MR) is 108 cm³/mol. The molecule has 4 saturated carbocycles. The second-order valence-electron chi connectivity index (χ2n) is 10.6. The van der Waals surface area contributed by atoms with Crippen molar-refractivity contribution in [3.8, 4) is 0 Å². The molecule has 0 radical (unpaired) electrons. The fourth-order valence-corrected chi connectivity index (χ4v) is 8.40. The molecule has 0 saturated heterocycles. The molecular weight excluding hydrogens is 336 g/mol. The predicted octanol–water partition coefficient (Wildman–Crippen LogP) is 5.37. The van der Waals surface area contributed by atoms with Gasteiger partial charge in [0.1, 0.15) is 0 Å². The first-order valence-corrected chi connectivity index (χ1v) is 11.2. The lowest BCUT2D eigenvalue weighted by Gasteiger charge is -2.61. The molecule has 8 atom stereocenters. The Morgan fingerprint density at radius 2 is 1.81 bits per heavy atom. The van der Waals surface area contributed by atoms with Crippen LogP contribution < -0.4 is 5.63 Å². The van der Waals surface area contributed by atoms with E-state index in [0.29, 0.717) is 16.7 Å². The number of fused-ring (bicyclic) bond motifs is 5. The van der Waals surface area contributed by atoms with Crippen LogP contribution in [0.1, 0.15) is 84.5 Å². The Labute approximate surface area is 164 Å². The third-order valence-electron chi connectivity index (χ3n) is 9.77. The molecule has 1 N–H and O–H groups in total. The van der Waals surface area contributed by atoms with E-state index in [0.717, 1.165) is 36.5 Å². The minimum absolute atomic E-state index is 0. The summed E-state index contributed by atoms with van der Waals surface area (Å²) in [4.78, 5) is 11.8. The molecule has 27 heavy (non-hydrogen) atoms. The van der Waals surface area contributed by atoms with Gasteiger partial charge in [0.15, 0.2) is 0 Å². The van der Waals surface area contributed by atoms with Gasteiger partial charge in [-0.2, -0.15) is 0 Å². The van der Waals surface area contributed by atoms with Crippen LogP contribution in [0, 0.1) is 34.5 Å². The summed E-state index contributed by atoms with van der Waals surface area (Å²) in [5.74, 6) is 3.69. The SMILES string of the molecule is C[C@]12CCC3C(CC[C@@H]4C[C@@H](O)CC[C@]34C)C1CCC2c1ccoc(=O)c1.[HH]. The normalized spacial score (nSPS) is 49.1. The topological polar surface area (TPSA) is 50.4 Å². The molecule has 0 spiro atoms. The number of rotatable bonds is 1. The second kappa shape index (κ2) is 6.20. The lowest BCUT2D eigenvalue weighted by Crippen LogP contribution is -2.53. The Morgan fingerprint density at radius 1 is 1.04 bits per heavy atom. The summed E-state index contributed by atoms with van der Waals surface area (Å²) < 4.78 is 4.99. The van der Waals surface area contributed by atoms with Gasteiger partial charge in [-0.05, 0) is 110 Å². The van der Waals surface area contributed by atoms with Crippen LogP contribution in [0.15, 0.2) is 27.6 Å². The van der Waals surface area contributed by atoms with E-state index in [2.05, 4.69) is 13.8 Å². The maximum atomic E-state index is 11.8. The van der Waals surface area contributed by atoms with Gasteiger partial charge in [0.05, 0.1) is 12.4 Å². The van der Waals surface area contributed by atoms with Crippen LogP contribution in [0.3, 0.4) is 0 Å². The summed E-state index contributed by atoms with van der Waals surface area (Å²) in [6, 6.07) is 3.78. The van der Waals surface area contributed by atoms with Crippen molar-refractivity contribution in [3.63, 3.8) is 0 Å². The Balaban J connectivity index is 0.00000192. The summed E-state index contributed by atoms with van der Waals surface area (Å²) >= 11 is 0. The summed E-state index contributed by atoms with van der Waals surface area (Å²) in [6.07, 6.45) is 12.6. The molecule has 3 heteroatoms. The van der Waals surface area contributed by atoms with E-state index in [1.807, 2.05) is 6.07 Å². The van der Waals surface area contributed by atoms with Crippen molar-refractivity contribution in [2.24, 2.45) is 34.5 Å². The van der Waals surface area contributed by atoms with Gasteiger partial charge < -0.3 is 9.52 Å². The molecule has 1 heterocycles. The van der Waals surface area contributed by atoms with E-state index >= 15 is 0 Å². The molecule has 4 unspecified atom stereocenters. The Hall–Kier alpha value is -1.09. The van der Waals surface area contributed by atoms with E-state index in [-0.39, 0.29) is 13.2 Å². The standard InChI is InChI=1S/C24H34O3.H2/c1-23-10-7-17(25)14-16(23)3-4-18-20-6-5-19(15-9-12-27-22(26)13-15)24(20,2)11-8-21(18)23;/h9,12-13,16-21,25H,3-8,10-11,14H2,1-2H3;1H/t16-,17+,18?,19?,20?,21?,23+,24-;/m1./s1. The summed E-state index contributed by atoms with van der Waals surface area (Å²) in [5, 5.41) is 10.2. The highest BCUT2D eigenvalue weighted by atomic mass is 16.4. The zero-order valence-corrected chi connectivity index (χ0v) is 16.8. The Morgan fingerprint density at radius 3 is 2.63 bits per heavy atom. The van der Waals surface area contributed by atoms with Crippen molar-refractivity contribution < 1.29 is 11.0 Å². The highest BCUT2D eigenvalue weighted by Crippen LogP contribution is 2.68. The fourth-order valence-electron chi connectivity index (χ4n) is 8.40. The summed E-state index contributed by atoms with van der Waals surface area (Å²) in [7, 11) is 0. The van der Waals surface area contributed by atoms with Crippen molar-refractivity contribution in [1.82, 2.24) is 0 Å². The van der Waals surface area contributed by atoms with E-state index in [9.17, 15) is 9.90 Å². The van der Waals surface area contributed by atoms with Gasteiger partial charge in [-0.15, -0.1) is 0 Å². The van der Waals surface area contributed by atoms with Crippen LogP contribution in [0.4, 0.5) is 0 Å².